The number of pyridine rings is 1. The summed E-state index contributed by atoms with van der Waals surface area (Å²) in [4.78, 5) is 4.19. The summed E-state index contributed by atoms with van der Waals surface area (Å²) in [6.07, 6.45) is 3.51. The van der Waals surface area contributed by atoms with Crippen LogP contribution in [0.2, 0.25) is 0 Å². The smallest absolute Gasteiger partial charge is 0.160 e. The number of anilines is 1. The zero-order valence-electron chi connectivity index (χ0n) is 10.3. The first-order chi connectivity index (χ1) is 8.20. The van der Waals surface area contributed by atoms with E-state index in [0.717, 1.165) is 22.8 Å². The van der Waals surface area contributed by atoms with E-state index in [0.29, 0.717) is 6.54 Å². The number of hydrogen-bond donors (Lipinski definition) is 1. The van der Waals surface area contributed by atoms with Gasteiger partial charge < -0.3 is 10.1 Å². The second kappa shape index (κ2) is 4.86. The average Bonchev–Trinajstić information content (AvgIpc) is 2.72. The first kappa shape index (κ1) is 11.4. The van der Waals surface area contributed by atoms with Crippen LogP contribution in [0.25, 0.3) is 0 Å². The number of methoxy groups -OCH3 is 1. The zero-order chi connectivity index (χ0) is 12.3. The minimum atomic E-state index is 0.705. The molecule has 2 heterocycles. The third-order valence-corrected chi connectivity index (χ3v) is 2.61. The number of aromatic nitrogens is 3. The Balaban J connectivity index is 2.13. The van der Waals surface area contributed by atoms with E-state index in [9.17, 15) is 0 Å². The lowest BCUT2D eigenvalue weighted by atomic mass is 10.3. The molecule has 0 bridgehead atoms. The van der Waals surface area contributed by atoms with Crippen LogP contribution in [0, 0.1) is 6.92 Å². The monoisotopic (exact) mass is 232 g/mol. The molecule has 0 aliphatic heterocycles. The highest BCUT2D eigenvalue weighted by Gasteiger charge is 2.04. The van der Waals surface area contributed by atoms with Crippen molar-refractivity contribution in [3.05, 3.63) is 35.9 Å². The Morgan fingerprint density at radius 3 is 2.94 bits per heavy atom. The van der Waals surface area contributed by atoms with E-state index >= 15 is 0 Å². The molecule has 90 valence electrons. The highest BCUT2D eigenvalue weighted by molar-refractivity contribution is 5.55. The van der Waals surface area contributed by atoms with Crippen molar-refractivity contribution in [3.8, 4) is 5.75 Å². The fourth-order valence-electron chi connectivity index (χ4n) is 1.61. The molecule has 5 heteroatoms. The van der Waals surface area contributed by atoms with E-state index in [1.807, 2.05) is 30.8 Å². The van der Waals surface area contributed by atoms with Gasteiger partial charge in [-0.15, -0.1) is 0 Å². The van der Waals surface area contributed by atoms with Gasteiger partial charge in [0.2, 0.25) is 0 Å². The van der Waals surface area contributed by atoms with Crippen LogP contribution in [0.5, 0.6) is 5.75 Å². The Bertz CT molecular complexity index is 507. The molecule has 0 saturated heterocycles. The first-order valence-electron chi connectivity index (χ1n) is 5.42. The maximum absolute atomic E-state index is 5.25. The van der Waals surface area contributed by atoms with Crippen LogP contribution >= 0.6 is 0 Å². The van der Waals surface area contributed by atoms with Crippen LogP contribution in [0.15, 0.2) is 24.5 Å². The third kappa shape index (κ3) is 2.55. The van der Waals surface area contributed by atoms with Gasteiger partial charge in [-0.3, -0.25) is 9.67 Å². The summed E-state index contributed by atoms with van der Waals surface area (Å²) in [5.74, 6) is 0.748. The third-order valence-electron chi connectivity index (χ3n) is 2.61. The number of rotatable bonds is 4. The summed E-state index contributed by atoms with van der Waals surface area (Å²) >= 11 is 0. The van der Waals surface area contributed by atoms with Crippen molar-refractivity contribution >= 4 is 5.69 Å². The molecule has 0 aliphatic carbocycles. The fourth-order valence-corrected chi connectivity index (χ4v) is 1.61. The van der Waals surface area contributed by atoms with Gasteiger partial charge in [0.15, 0.2) is 5.75 Å². The Labute approximate surface area is 100 Å². The second-order valence-electron chi connectivity index (χ2n) is 3.83. The lowest BCUT2D eigenvalue weighted by Crippen LogP contribution is -2.06. The Hall–Kier alpha value is -2.04. The Kier molecular flexibility index (Phi) is 3.27. The van der Waals surface area contributed by atoms with Gasteiger partial charge >= 0.3 is 0 Å². The minimum absolute atomic E-state index is 0.705. The van der Waals surface area contributed by atoms with Gasteiger partial charge in [-0.1, -0.05) is 0 Å². The molecule has 0 saturated carbocycles. The molecule has 2 rings (SSSR count). The zero-order valence-corrected chi connectivity index (χ0v) is 10.3. The minimum Gasteiger partial charge on any atom is -0.493 e. The molecule has 0 aliphatic rings. The van der Waals surface area contributed by atoms with E-state index < -0.39 is 0 Å². The summed E-state index contributed by atoms with van der Waals surface area (Å²) in [6.45, 7) is 2.66. The molecule has 0 radical (unpaired) electrons. The number of hydrogen-bond acceptors (Lipinski definition) is 4. The highest BCUT2D eigenvalue weighted by Crippen LogP contribution is 2.23. The van der Waals surface area contributed by atoms with Crippen molar-refractivity contribution in [2.75, 3.05) is 12.4 Å². The number of nitrogens with zero attached hydrogens (tertiary/aromatic N) is 3. The lowest BCUT2D eigenvalue weighted by molar-refractivity contribution is 0.414. The normalized spacial score (nSPS) is 10.3. The summed E-state index contributed by atoms with van der Waals surface area (Å²) < 4.78 is 7.09. The SMILES string of the molecule is COc1cnc(C)cc1NCc1ccnn1C. The van der Waals surface area contributed by atoms with Gasteiger partial charge in [0.1, 0.15) is 0 Å². The summed E-state index contributed by atoms with van der Waals surface area (Å²) in [5, 5.41) is 7.44. The van der Waals surface area contributed by atoms with E-state index in [-0.39, 0.29) is 0 Å². The van der Waals surface area contributed by atoms with Crippen LogP contribution in [0.4, 0.5) is 5.69 Å². The van der Waals surface area contributed by atoms with Gasteiger partial charge in [0.25, 0.3) is 0 Å². The molecule has 1 N–H and O–H groups in total. The molecule has 0 spiro atoms. The van der Waals surface area contributed by atoms with Crippen LogP contribution in [-0.2, 0) is 13.6 Å². The summed E-state index contributed by atoms with van der Waals surface area (Å²) in [7, 11) is 3.56. The van der Waals surface area contributed by atoms with Crippen molar-refractivity contribution in [2.45, 2.75) is 13.5 Å². The van der Waals surface area contributed by atoms with Gasteiger partial charge in [0, 0.05) is 18.9 Å². The van der Waals surface area contributed by atoms with Gasteiger partial charge in [-0.25, -0.2) is 0 Å². The highest BCUT2D eigenvalue weighted by atomic mass is 16.5. The molecule has 5 nitrogen and oxygen atoms in total. The molecule has 0 unspecified atom stereocenters. The first-order valence-corrected chi connectivity index (χ1v) is 5.42. The molecule has 2 aromatic rings. The molecular weight excluding hydrogens is 216 g/mol. The van der Waals surface area contributed by atoms with Crippen LogP contribution < -0.4 is 10.1 Å². The molecular formula is C12H16N4O. The van der Waals surface area contributed by atoms with Crippen molar-refractivity contribution < 1.29 is 4.74 Å². The van der Waals surface area contributed by atoms with Crippen LogP contribution in [-0.4, -0.2) is 21.9 Å². The molecule has 0 atom stereocenters. The maximum Gasteiger partial charge on any atom is 0.160 e. The van der Waals surface area contributed by atoms with E-state index in [4.69, 9.17) is 4.74 Å². The standard InChI is InChI=1S/C12H16N4O/c1-9-6-11(12(17-3)8-13-9)14-7-10-4-5-15-16(10)2/h4-6,8H,7H2,1-3H3,(H,13,14). The molecule has 0 aromatic carbocycles. The molecule has 0 fully saturated rings. The summed E-state index contributed by atoms with van der Waals surface area (Å²) in [5.41, 5.74) is 3.01. The predicted molar refractivity (Wildman–Crippen MR) is 66.1 cm³/mol. The van der Waals surface area contributed by atoms with Crippen molar-refractivity contribution in [3.63, 3.8) is 0 Å². The Morgan fingerprint density at radius 2 is 2.29 bits per heavy atom. The number of aryl methyl sites for hydroxylation is 2. The van der Waals surface area contributed by atoms with Gasteiger partial charge in [0.05, 0.1) is 31.2 Å². The summed E-state index contributed by atoms with van der Waals surface area (Å²) in [6, 6.07) is 3.95. The maximum atomic E-state index is 5.25. The van der Waals surface area contributed by atoms with Gasteiger partial charge in [-0.2, -0.15) is 5.10 Å². The van der Waals surface area contributed by atoms with Crippen molar-refractivity contribution in [2.24, 2.45) is 7.05 Å². The topological polar surface area (TPSA) is 52.0 Å². The average molecular weight is 232 g/mol. The molecule has 2 aromatic heterocycles. The van der Waals surface area contributed by atoms with Gasteiger partial charge in [-0.05, 0) is 19.1 Å². The predicted octanol–water partition coefficient (Wildman–Crippen LogP) is 1.74. The quantitative estimate of drug-likeness (QED) is 0.872. The van der Waals surface area contributed by atoms with Crippen LogP contribution in [0.1, 0.15) is 11.4 Å². The largest absolute Gasteiger partial charge is 0.493 e. The second-order valence-corrected chi connectivity index (χ2v) is 3.83. The van der Waals surface area contributed by atoms with Crippen molar-refractivity contribution in [1.82, 2.24) is 14.8 Å². The Morgan fingerprint density at radius 1 is 1.47 bits per heavy atom. The number of nitrogens with one attached hydrogen (secondary N) is 1. The van der Waals surface area contributed by atoms with Crippen molar-refractivity contribution in [1.29, 1.82) is 0 Å². The lowest BCUT2D eigenvalue weighted by Gasteiger charge is -2.11. The van der Waals surface area contributed by atoms with E-state index in [2.05, 4.69) is 15.4 Å². The molecule has 17 heavy (non-hydrogen) atoms. The fraction of sp³-hybridized carbons (Fsp3) is 0.333. The van der Waals surface area contributed by atoms with Crippen LogP contribution in [0.3, 0.4) is 0 Å². The molecule has 0 amide bonds. The van der Waals surface area contributed by atoms with E-state index in [1.54, 1.807) is 19.5 Å². The van der Waals surface area contributed by atoms with E-state index in [1.165, 1.54) is 0 Å². The number of ether oxygens (including phenoxy) is 1.